The molecule has 17 heavy (non-hydrogen) atoms. The monoisotopic (exact) mass is 372 g/mol. The van der Waals surface area contributed by atoms with Gasteiger partial charge in [0.15, 0.2) is 0 Å². The van der Waals surface area contributed by atoms with Gasteiger partial charge >= 0.3 is 48.9 Å². The first kappa shape index (κ1) is 22.6. The summed E-state index contributed by atoms with van der Waals surface area (Å²) in [6, 6.07) is 0. The Kier molecular flexibility index (Phi) is 19.3. The SMILES string of the molecule is CCC[C@H](O)C(=O)[O-].CCC[C@H](O)C(=O)[O-].[Ba+2]. The van der Waals surface area contributed by atoms with Gasteiger partial charge in [-0.1, -0.05) is 26.7 Å². The van der Waals surface area contributed by atoms with E-state index in [0.29, 0.717) is 12.8 Å². The maximum absolute atomic E-state index is 9.73. The molecule has 0 saturated carbocycles. The number of hydrogen-bond donors (Lipinski definition) is 2. The van der Waals surface area contributed by atoms with Crippen LogP contribution in [0.5, 0.6) is 0 Å². The van der Waals surface area contributed by atoms with Crippen molar-refractivity contribution in [2.45, 2.75) is 51.7 Å². The van der Waals surface area contributed by atoms with Crippen LogP contribution in [0.25, 0.3) is 0 Å². The fraction of sp³-hybridized carbons (Fsp3) is 0.800. The summed E-state index contributed by atoms with van der Waals surface area (Å²) in [5, 5.41) is 36.4. The fourth-order valence-corrected chi connectivity index (χ4v) is 0.783. The van der Waals surface area contributed by atoms with Gasteiger partial charge in [0.25, 0.3) is 0 Å². The molecule has 2 atom stereocenters. The van der Waals surface area contributed by atoms with E-state index in [1.807, 2.05) is 0 Å². The van der Waals surface area contributed by atoms with Gasteiger partial charge in [-0.3, -0.25) is 0 Å². The zero-order valence-electron chi connectivity index (χ0n) is 10.2. The average Bonchev–Trinajstić information content (AvgIpc) is 2.19. The number of aliphatic hydroxyl groups is 2. The maximum atomic E-state index is 9.73. The standard InChI is InChI=1S/2C5H10O3.Ba/c2*1-2-3-4(6)5(7)8;/h2*4,6H,2-3H2,1H3,(H,7,8);/q;;+2/p-2/t2*4-;/m00./s1. The molecule has 2 N–H and O–H groups in total. The maximum Gasteiger partial charge on any atom is 2.00 e. The number of hydrogen-bond acceptors (Lipinski definition) is 6. The molecule has 0 aromatic carbocycles. The zero-order valence-corrected chi connectivity index (χ0v) is 14.7. The number of carboxylic acid groups (broad SMARTS) is 2. The molecule has 0 heterocycles. The molecule has 96 valence electrons. The number of rotatable bonds is 6. The van der Waals surface area contributed by atoms with Gasteiger partial charge in [-0.25, -0.2) is 0 Å². The first-order chi connectivity index (χ1) is 7.36. The van der Waals surface area contributed by atoms with Crippen LogP contribution in [-0.4, -0.2) is 83.2 Å². The van der Waals surface area contributed by atoms with Crippen molar-refractivity contribution in [2.75, 3.05) is 0 Å². The second kappa shape index (κ2) is 14.5. The van der Waals surface area contributed by atoms with E-state index in [9.17, 15) is 19.8 Å². The number of carboxylic acids is 2. The van der Waals surface area contributed by atoms with E-state index < -0.39 is 24.1 Å². The molecule has 0 aromatic heterocycles. The Morgan fingerprint density at radius 3 is 1.24 bits per heavy atom. The Labute approximate surface area is 141 Å². The van der Waals surface area contributed by atoms with Gasteiger partial charge in [0.05, 0.1) is 24.1 Å². The fourth-order valence-electron chi connectivity index (χ4n) is 0.783. The van der Waals surface area contributed by atoms with Crippen LogP contribution in [0.2, 0.25) is 0 Å². The summed E-state index contributed by atoms with van der Waals surface area (Å²) in [4.78, 5) is 19.5. The first-order valence-electron chi connectivity index (χ1n) is 5.14. The Hall–Kier alpha value is 0.431. The molecule has 0 radical (unpaired) electrons. The second-order valence-electron chi connectivity index (χ2n) is 3.25. The van der Waals surface area contributed by atoms with Gasteiger partial charge in [0.1, 0.15) is 0 Å². The smallest absolute Gasteiger partial charge is 0.547 e. The minimum atomic E-state index is -1.38. The Balaban J connectivity index is -0.000000218. The van der Waals surface area contributed by atoms with Gasteiger partial charge < -0.3 is 30.0 Å². The Morgan fingerprint density at radius 2 is 1.18 bits per heavy atom. The second-order valence-corrected chi connectivity index (χ2v) is 3.25. The third-order valence-electron chi connectivity index (χ3n) is 1.67. The molecule has 0 rings (SSSR count). The van der Waals surface area contributed by atoms with Gasteiger partial charge in [-0.15, -0.1) is 0 Å². The van der Waals surface area contributed by atoms with Crippen molar-refractivity contribution < 1.29 is 30.0 Å². The van der Waals surface area contributed by atoms with E-state index in [2.05, 4.69) is 0 Å². The molecule has 0 aliphatic carbocycles. The van der Waals surface area contributed by atoms with Crippen molar-refractivity contribution in [3.63, 3.8) is 0 Å². The minimum absolute atomic E-state index is 0. The summed E-state index contributed by atoms with van der Waals surface area (Å²) in [5.74, 6) is -2.77. The molecule has 0 aliphatic rings. The van der Waals surface area contributed by atoms with Crippen LogP contribution in [-0.2, 0) is 9.59 Å². The topological polar surface area (TPSA) is 121 Å². The molecular formula is C10H18BaO6. The van der Waals surface area contributed by atoms with Crippen molar-refractivity contribution in [1.29, 1.82) is 0 Å². The van der Waals surface area contributed by atoms with Gasteiger partial charge in [-0.05, 0) is 12.8 Å². The molecule has 0 unspecified atom stereocenters. The molecule has 0 fully saturated rings. The summed E-state index contributed by atoms with van der Waals surface area (Å²) in [5.41, 5.74) is 0. The van der Waals surface area contributed by atoms with Gasteiger partial charge in [-0.2, -0.15) is 0 Å². The molecule has 0 saturated heterocycles. The van der Waals surface area contributed by atoms with E-state index in [4.69, 9.17) is 10.2 Å². The predicted octanol–water partition coefficient (Wildman–Crippen LogP) is -2.59. The van der Waals surface area contributed by atoms with Crippen LogP contribution >= 0.6 is 0 Å². The van der Waals surface area contributed by atoms with E-state index >= 15 is 0 Å². The van der Waals surface area contributed by atoms with E-state index in [-0.39, 0.29) is 61.7 Å². The predicted molar refractivity (Wildman–Crippen MR) is 57.6 cm³/mol. The summed E-state index contributed by atoms with van der Waals surface area (Å²) < 4.78 is 0. The summed E-state index contributed by atoms with van der Waals surface area (Å²) >= 11 is 0. The molecule has 6 nitrogen and oxygen atoms in total. The number of carbonyl (C=O) groups excluding carboxylic acids is 2. The van der Waals surface area contributed by atoms with Gasteiger partial charge in [0, 0.05) is 0 Å². The van der Waals surface area contributed by atoms with Crippen molar-refractivity contribution in [3.8, 4) is 0 Å². The van der Waals surface area contributed by atoms with Crippen molar-refractivity contribution in [3.05, 3.63) is 0 Å². The molecule has 0 spiro atoms. The normalized spacial score (nSPS) is 12.5. The van der Waals surface area contributed by atoms with Crippen LogP contribution in [0, 0.1) is 0 Å². The molecule has 0 aliphatic heterocycles. The van der Waals surface area contributed by atoms with Crippen LogP contribution in [0.4, 0.5) is 0 Å². The number of aliphatic carboxylic acids is 2. The zero-order chi connectivity index (χ0) is 13.1. The quantitative estimate of drug-likeness (QED) is 0.495. The average molecular weight is 372 g/mol. The van der Waals surface area contributed by atoms with Gasteiger partial charge in [0.2, 0.25) is 0 Å². The summed E-state index contributed by atoms with van der Waals surface area (Å²) in [6.45, 7) is 3.60. The van der Waals surface area contributed by atoms with E-state index in [1.165, 1.54) is 0 Å². The molecule has 7 heteroatoms. The summed E-state index contributed by atoms with van der Waals surface area (Å²) in [6.07, 6.45) is -0.672. The molecule has 0 aromatic rings. The Bertz CT molecular complexity index is 187. The number of carbonyl (C=O) groups is 2. The van der Waals surface area contributed by atoms with Crippen LogP contribution in [0.15, 0.2) is 0 Å². The number of aliphatic hydroxyl groups excluding tert-OH is 2. The third kappa shape index (κ3) is 16.4. The summed E-state index contributed by atoms with van der Waals surface area (Å²) in [7, 11) is 0. The van der Waals surface area contributed by atoms with Crippen LogP contribution < -0.4 is 10.2 Å². The van der Waals surface area contributed by atoms with Crippen LogP contribution in [0.1, 0.15) is 39.5 Å². The Morgan fingerprint density at radius 1 is 0.941 bits per heavy atom. The van der Waals surface area contributed by atoms with E-state index in [1.54, 1.807) is 13.8 Å². The molecule has 0 amide bonds. The first-order valence-corrected chi connectivity index (χ1v) is 5.14. The van der Waals surface area contributed by atoms with Crippen LogP contribution in [0.3, 0.4) is 0 Å². The molecule has 0 bridgehead atoms. The van der Waals surface area contributed by atoms with E-state index in [0.717, 1.165) is 0 Å². The molecular weight excluding hydrogens is 353 g/mol. The van der Waals surface area contributed by atoms with Crippen molar-refractivity contribution >= 4 is 60.8 Å². The third-order valence-corrected chi connectivity index (χ3v) is 1.67. The minimum Gasteiger partial charge on any atom is -0.547 e. The van der Waals surface area contributed by atoms with Crippen molar-refractivity contribution in [2.24, 2.45) is 0 Å². The van der Waals surface area contributed by atoms with Crippen molar-refractivity contribution in [1.82, 2.24) is 0 Å². The largest absolute Gasteiger partial charge is 2.00 e.